The molecule has 3 heteroatoms. The standard InChI is InChI=1S/C15H18O3/c1-2-4-13-12(3-1)11-14(18-13)5-7-15(8-6-14)16-9-10-17-15/h1-4H,5-11H2. The third kappa shape index (κ3) is 1.57. The van der Waals surface area contributed by atoms with Gasteiger partial charge in [-0.15, -0.1) is 0 Å². The van der Waals surface area contributed by atoms with Gasteiger partial charge in [0.15, 0.2) is 5.79 Å². The Morgan fingerprint density at radius 2 is 1.61 bits per heavy atom. The van der Waals surface area contributed by atoms with Crippen LogP contribution in [-0.2, 0) is 15.9 Å². The molecule has 0 atom stereocenters. The van der Waals surface area contributed by atoms with Crippen LogP contribution in [0.15, 0.2) is 24.3 Å². The average molecular weight is 246 g/mol. The number of benzene rings is 1. The topological polar surface area (TPSA) is 27.7 Å². The van der Waals surface area contributed by atoms with Crippen molar-refractivity contribution < 1.29 is 14.2 Å². The third-order valence-electron chi connectivity index (χ3n) is 4.55. The lowest BCUT2D eigenvalue weighted by Gasteiger charge is -2.40. The number of ether oxygens (including phenoxy) is 3. The fourth-order valence-corrected chi connectivity index (χ4v) is 3.52. The molecule has 0 bridgehead atoms. The smallest absolute Gasteiger partial charge is 0.168 e. The molecule has 1 saturated carbocycles. The van der Waals surface area contributed by atoms with E-state index in [1.165, 1.54) is 5.56 Å². The first-order valence-corrected chi connectivity index (χ1v) is 6.84. The molecule has 18 heavy (non-hydrogen) atoms. The summed E-state index contributed by atoms with van der Waals surface area (Å²) < 4.78 is 17.8. The molecule has 4 rings (SSSR count). The number of para-hydroxylation sites is 1. The van der Waals surface area contributed by atoms with Crippen molar-refractivity contribution >= 4 is 0 Å². The first kappa shape index (κ1) is 10.8. The molecule has 0 aromatic heterocycles. The Kier molecular flexibility index (Phi) is 2.24. The minimum Gasteiger partial charge on any atom is -0.487 e. The van der Waals surface area contributed by atoms with Gasteiger partial charge in [-0.3, -0.25) is 0 Å². The van der Waals surface area contributed by atoms with Gasteiger partial charge in [0, 0.05) is 19.3 Å². The third-order valence-corrected chi connectivity index (χ3v) is 4.55. The Bertz CT molecular complexity index is 426. The Morgan fingerprint density at radius 3 is 2.33 bits per heavy atom. The Hall–Kier alpha value is -1.06. The van der Waals surface area contributed by atoms with Crippen LogP contribution in [0, 0.1) is 0 Å². The lowest BCUT2D eigenvalue weighted by Crippen LogP contribution is -2.46. The minimum atomic E-state index is -0.288. The zero-order chi connectivity index (χ0) is 12.1. The van der Waals surface area contributed by atoms with Crippen LogP contribution in [0.3, 0.4) is 0 Å². The number of fused-ring (bicyclic) bond motifs is 1. The van der Waals surface area contributed by atoms with E-state index in [1.807, 2.05) is 6.07 Å². The van der Waals surface area contributed by atoms with Gasteiger partial charge in [0.2, 0.25) is 0 Å². The van der Waals surface area contributed by atoms with Crippen LogP contribution in [0.4, 0.5) is 0 Å². The van der Waals surface area contributed by atoms with E-state index in [1.54, 1.807) is 0 Å². The molecule has 2 heterocycles. The maximum absolute atomic E-state index is 6.23. The molecule has 1 aromatic rings. The van der Waals surface area contributed by atoms with Crippen molar-refractivity contribution in [2.24, 2.45) is 0 Å². The van der Waals surface area contributed by atoms with Crippen molar-refractivity contribution in [1.29, 1.82) is 0 Å². The molecule has 1 saturated heterocycles. The molecule has 3 aliphatic rings. The molecule has 96 valence electrons. The Morgan fingerprint density at radius 1 is 0.889 bits per heavy atom. The van der Waals surface area contributed by atoms with E-state index in [0.29, 0.717) is 0 Å². The van der Waals surface area contributed by atoms with Crippen molar-refractivity contribution in [2.75, 3.05) is 13.2 Å². The van der Waals surface area contributed by atoms with Crippen LogP contribution in [0.1, 0.15) is 31.2 Å². The van der Waals surface area contributed by atoms with Crippen molar-refractivity contribution in [3.05, 3.63) is 29.8 Å². The van der Waals surface area contributed by atoms with Gasteiger partial charge in [-0.25, -0.2) is 0 Å². The van der Waals surface area contributed by atoms with E-state index in [0.717, 1.165) is 51.1 Å². The number of hydrogen-bond donors (Lipinski definition) is 0. The summed E-state index contributed by atoms with van der Waals surface area (Å²) in [6.45, 7) is 1.49. The lowest BCUT2D eigenvalue weighted by molar-refractivity contribution is -0.196. The van der Waals surface area contributed by atoms with Crippen molar-refractivity contribution in [3.63, 3.8) is 0 Å². The highest BCUT2D eigenvalue weighted by molar-refractivity contribution is 5.39. The van der Waals surface area contributed by atoms with Crippen LogP contribution >= 0.6 is 0 Å². The average Bonchev–Trinajstić information content (AvgIpc) is 2.99. The molecule has 2 spiro atoms. The summed E-state index contributed by atoms with van der Waals surface area (Å²) in [6, 6.07) is 8.40. The van der Waals surface area contributed by atoms with Gasteiger partial charge in [0.25, 0.3) is 0 Å². The Balaban J connectivity index is 1.52. The SMILES string of the molecule is c1ccc2c(c1)CC1(CCC3(CC1)OCCO3)O2. The van der Waals surface area contributed by atoms with Crippen LogP contribution in [-0.4, -0.2) is 24.6 Å². The van der Waals surface area contributed by atoms with Crippen LogP contribution in [0.25, 0.3) is 0 Å². The predicted molar refractivity (Wildman–Crippen MR) is 66.6 cm³/mol. The van der Waals surface area contributed by atoms with Gasteiger partial charge in [0.05, 0.1) is 13.2 Å². The van der Waals surface area contributed by atoms with E-state index in [-0.39, 0.29) is 11.4 Å². The van der Waals surface area contributed by atoms with Crippen molar-refractivity contribution in [1.82, 2.24) is 0 Å². The molecule has 1 aliphatic carbocycles. The lowest BCUT2D eigenvalue weighted by atomic mass is 9.79. The second-order valence-corrected chi connectivity index (χ2v) is 5.68. The van der Waals surface area contributed by atoms with E-state index >= 15 is 0 Å². The highest BCUT2D eigenvalue weighted by Crippen LogP contribution is 2.47. The quantitative estimate of drug-likeness (QED) is 0.704. The van der Waals surface area contributed by atoms with Gasteiger partial charge in [-0.1, -0.05) is 18.2 Å². The first-order valence-electron chi connectivity index (χ1n) is 6.84. The molecule has 0 amide bonds. The molecule has 3 nitrogen and oxygen atoms in total. The zero-order valence-electron chi connectivity index (χ0n) is 10.5. The van der Waals surface area contributed by atoms with Crippen LogP contribution in [0.2, 0.25) is 0 Å². The number of rotatable bonds is 0. The monoisotopic (exact) mass is 246 g/mol. The minimum absolute atomic E-state index is 0.00421. The summed E-state index contributed by atoms with van der Waals surface area (Å²) in [5, 5.41) is 0. The number of hydrogen-bond acceptors (Lipinski definition) is 3. The molecule has 0 radical (unpaired) electrons. The summed E-state index contributed by atoms with van der Waals surface area (Å²) in [7, 11) is 0. The van der Waals surface area contributed by atoms with Gasteiger partial charge in [-0.2, -0.15) is 0 Å². The van der Waals surface area contributed by atoms with Gasteiger partial charge >= 0.3 is 0 Å². The molecular formula is C15H18O3. The van der Waals surface area contributed by atoms with E-state index < -0.39 is 0 Å². The van der Waals surface area contributed by atoms with Crippen LogP contribution < -0.4 is 4.74 Å². The first-order chi connectivity index (χ1) is 8.79. The largest absolute Gasteiger partial charge is 0.487 e. The van der Waals surface area contributed by atoms with E-state index in [4.69, 9.17) is 14.2 Å². The fraction of sp³-hybridized carbons (Fsp3) is 0.600. The highest BCUT2D eigenvalue weighted by Gasteiger charge is 2.49. The van der Waals surface area contributed by atoms with Crippen molar-refractivity contribution in [2.45, 2.75) is 43.5 Å². The summed E-state index contributed by atoms with van der Waals surface area (Å²) in [4.78, 5) is 0. The molecule has 0 N–H and O–H groups in total. The maximum Gasteiger partial charge on any atom is 0.168 e. The molecule has 0 unspecified atom stereocenters. The van der Waals surface area contributed by atoms with E-state index in [2.05, 4.69) is 18.2 Å². The molecular weight excluding hydrogens is 228 g/mol. The predicted octanol–water partition coefficient (Wildman–Crippen LogP) is 2.68. The maximum atomic E-state index is 6.23. The van der Waals surface area contributed by atoms with Crippen LogP contribution in [0.5, 0.6) is 5.75 Å². The second-order valence-electron chi connectivity index (χ2n) is 5.68. The normalized spacial score (nSPS) is 27.3. The summed E-state index contributed by atoms with van der Waals surface area (Å²) in [5.74, 6) is 0.783. The van der Waals surface area contributed by atoms with Gasteiger partial charge < -0.3 is 14.2 Å². The summed E-state index contributed by atoms with van der Waals surface area (Å²) in [5.41, 5.74) is 1.35. The van der Waals surface area contributed by atoms with Crippen molar-refractivity contribution in [3.8, 4) is 5.75 Å². The molecule has 1 aromatic carbocycles. The molecule has 2 aliphatic heterocycles. The fourth-order valence-electron chi connectivity index (χ4n) is 3.52. The second kappa shape index (κ2) is 3.72. The van der Waals surface area contributed by atoms with E-state index in [9.17, 15) is 0 Å². The highest BCUT2D eigenvalue weighted by atomic mass is 16.7. The molecule has 2 fully saturated rings. The Labute approximate surface area is 107 Å². The van der Waals surface area contributed by atoms with Gasteiger partial charge in [-0.05, 0) is 24.5 Å². The summed E-state index contributed by atoms with van der Waals surface area (Å²) in [6.07, 6.45) is 5.02. The zero-order valence-corrected chi connectivity index (χ0v) is 10.5. The van der Waals surface area contributed by atoms with Gasteiger partial charge in [0.1, 0.15) is 11.4 Å². The summed E-state index contributed by atoms with van der Waals surface area (Å²) >= 11 is 0.